The Hall–Kier alpha value is -6.77. The van der Waals surface area contributed by atoms with Crippen LogP contribution in [0.5, 0.6) is 0 Å². The number of halogens is 2. The zero-order valence-corrected chi connectivity index (χ0v) is 32.5. The van der Waals surface area contributed by atoms with Crippen LogP contribution >= 0.6 is 0 Å². The Labute approximate surface area is 333 Å². The summed E-state index contributed by atoms with van der Waals surface area (Å²) in [5, 5.41) is 20.4. The topological polar surface area (TPSA) is 131 Å². The lowest BCUT2D eigenvalue weighted by atomic mass is 9.77. The van der Waals surface area contributed by atoms with Gasteiger partial charge in [0.15, 0.2) is 5.82 Å². The number of nitrogens with one attached hydrogen (secondary N) is 1. The zero-order valence-electron chi connectivity index (χ0n) is 31.7. The maximum atomic E-state index is 14.3. The number of amides is 1. The first-order chi connectivity index (χ1) is 27.8. The second-order valence-electron chi connectivity index (χ2n) is 14.0. The molecule has 1 N–H and O–H groups in total. The van der Waals surface area contributed by atoms with E-state index in [1.807, 2.05) is 115 Å². The van der Waals surface area contributed by atoms with Crippen molar-refractivity contribution in [1.29, 1.82) is 0 Å². The molecule has 6 aromatic carbocycles. The summed E-state index contributed by atoms with van der Waals surface area (Å²) in [5.41, 5.74) is 1.27. The molecular formula is C44H38F2N6O5S. The highest BCUT2D eigenvalue weighted by molar-refractivity contribution is 7.91. The van der Waals surface area contributed by atoms with Crippen molar-refractivity contribution < 1.29 is 26.9 Å². The van der Waals surface area contributed by atoms with Crippen LogP contribution in [0.25, 0.3) is 10.9 Å². The van der Waals surface area contributed by atoms with E-state index in [0.717, 1.165) is 28.8 Å². The Balaban J connectivity index is 1.47. The van der Waals surface area contributed by atoms with E-state index < -0.39 is 48.4 Å². The summed E-state index contributed by atoms with van der Waals surface area (Å²) in [7, 11) is 1.10. The van der Waals surface area contributed by atoms with Gasteiger partial charge in [0.25, 0.3) is 11.6 Å². The van der Waals surface area contributed by atoms with E-state index in [4.69, 9.17) is 5.10 Å². The molecule has 58 heavy (non-hydrogen) atoms. The van der Waals surface area contributed by atoms with E-state index in [1.165, 1.54) is 30.3 Å². The van der Waals surface area contributed by atoms with Gasteiger partial charge in [0, 0.05) is 43.3 Å². The molecule has 0 bridgehead atoms. The molecule has 0 fully saturated rings. The molecule has 0 spiro atoms. The second kappa shape index (κ2) is 16.0. The number of aromatic nitrogens is 2. The quantitative estimate of drug-likeness (QED) is 0.0703. The van der Waals surface area contributed by atoms with Gasteiger partial charge in [0.2, 0.25) is 9.84 Å². The third kappa shape index (κ3) is 7.42. The van der Waals surface area contributed by atoms with Crippen LogP contribution in [0.4, 0.5) is 26.0 Å². The normalized spacial score (nSPS) is 11.8. The number of carbonyl (C=O) groups is 1. The summed E-state index contributed by atoms with van der Waals surface area (Å²) < 4.78 is 58.3. The van der Waals surface area contributed by atoms with E-state index in [-0.39, 0.29) is 21.7 Å². The lowest BCUT2D eigenvalue weighted by molar-refractivity contribution is -0.385. The number of likely N-dealkylation sites (N-methyl/N-ethyl adjacent to an activating group) is 2. The third-order valence-electron chi connectivity index (χ3n) is 9.98. The molecule has 14 heteroatoms. The van der Waals surface area contributed by atoms with Crippen molar-refractivity contribution in [2.24, 2.45) is 0 Å². The molecule has 0 saturated carbocycles. The fourth-order valence-corrected chi connectivity index (χ4v) is 8.42. The van der Waals surface area contributed by atoms with Gasteiger partial charge in [-0.25, -0.2) is 21.9 Å². The van der Waals surface area contributed by atoms with E-state index in [2.05, 4.69) is 5.32 Å². The highest BCUT2D eigenvalue weighted by Crippen LogP contribution is 2.44. The molecule has 0 aliphatic carbocycles. The Bertz CT molecular complexity index is 2630. The number of anilines is 2. The lowest BCUT2D eigenvalue weighted by Gasteiger charge is -2.37. The SMILES string of the molecule is CN(C)CCN(C)c1ccc(C(=O)Nc2nn(C(c3ccccc3)(c3ccccc3)c3ccccc3)c3ccc(S(=O)(=O)c4cc(F)cc(F)c4)cc23)c([N+](=O)[O-])c1. The molecule has 0 atom stereocenters. The van der Waals surface area contributed by atoms with Crippen molar-refractivity contribution in [2.45, 2.75) is 15.3 Å². The number of nitrogens with zero attached hydrogens (tertiary/aromatic N) is 5. The molecule has 0 aliphatic heterocycles. The van der Waals surface area contributed by atoms with Gasteiger partial charge in [0.05, 0.1) is 20.2 Å². The standard InChI is InChI=1S/C44H38F2N6O5S/c1-49(2)23-24-50(3)35-19-21-38(41(28-35)52(54)55)43(53)47-42-39-29-36(58(56,57)37-26-33(45)25-34(46)27-37)20-22-40(39)51(48-42)44(30-13-7-4-8-14-30,31-15-9-5-10-16-31)32-17-11-6-12-18-32/h4-22,25-29H,23-24H2,1-3H3,(H,47,48,53). The van der Waals surface area contributed by atoms with Gasteiger partial charge in [0.1, 0.15) is 22.7 Å². The summed E-state index contributed by atoms with van der Waals surface area (Å²) >= 11 is 0. The van der Waals surface area contributed by atoms with Gasteiger partial charge < -0.3 is 15.1 Å². The molecule has 7 rings (SSSR count). The number of sulfone groups is 1. The number of hydrogen-bond acceptors (Lipinski definition) is 8. The average Bonchev–Trinajstić information content (AvgIpc) is 3.58. The molecule has 0 unspecified atom stereocenters. The van der Waals surface area contributed by atoms with Crippen molar-refractivity contribution in [1.82, 2.24) is 14.7 Å². The highest BCUT2D eigenvalue weighted by atomic mass is 32.2. The predicted molar refractivity (Wildman–Crippen MR) is 219 cm³/mol. The van der Waals surface area contributed by atoms with Crippen LogP contribution in [0, 0.1) is 21.7 Å². The summed E-state index contributed by atoms with van der Waals surface area (Å²) in [5.74, 6) is -3.13. The largest absolute Gasteiger partial charge is 0.373 e. The number of benzene rings is 6. The summed E-state index contributed by atoms with van der Waals surface area (Å²) in [6.07, 6.45) is 0. The average molecular weight is 801 g/mol. The van der Waals surface area contributed by atoms with E-state index in [9.17, 15) is 32.1 Å². The van der Waals surface area contributed by atoms with E-state index in [1.54, 1.807) is 17.8 Å². The Kier molecular flexibility index (Phi) is 10.9. The molecule has 0 radical (unpaired) electrons. The van der Waals surface area contributed by atoms with Crippen LogP contribution in [0.3, 0.4) is 0 Å². The number of nitro groups is 1. The monoisotopic (exact) mass is 800 g/mol. The molecular weight excluding hydrogens is 763 g/mol. The van der Waals surface area contributed by atoms with Gasteiger partial charge in [-0.3, -0.25) is 14.9 Å². The van der Waals surface area contributed by atoms with Crippen LogP contribution in [0.1, 0.15) is 27.0 Å². The van der Waals surface area contributed by atoms with Gasteiger partial charge in [-0.1, -0.05) is 91.0 Å². The van der Waals surface area contributed by atoms with Gasteiger partial charge in [-0.2, -0.15) is 5.10 Å². The molecule has 1 heterocycles. The van der Waals surface area contributed by atoms with Crippen molar-refractivity contribution >= 4 is 43.8 Å². The van der Waals surface area contributed by atoms with Crippen LogP contribution < -0.4 is 10.2 Å². The third-order valence-corrected chi connectivity index (χ3v) is 11.7. The fourth-order valence-electron chi connectivity index (χ4n) is 7.09. The maximum Gasteiger partial charge on any atom is 0.284 e. The van der Waals surface area contributed by atoms with E-state index >= 15 is 0 Å². The highest BCUT2D eigenvalue weighted by Gasteiger charge is 2.41. The first kappa shape index (κ1) is 39.5. The van der Waals surface area contributed by atoms with Crippen LogP contribution in [-0.4, -0.2) is 68.2 Å². The smallest absolute Gasteiger partial charge is 0.284 e. The first-order valence-electron chi connectivity index (χ1n) is 18.2. The Morgan fingerprint density at radius 1 is 0.741 bits per heavy atom. The summed E-state index contributed by atoms with van der Waals surface area (Å²) in [4.78, 5) is 28.9. The minimum absolute atomic E-state index is 0.115. The molecule has 1 amide bonds. The Morgan fingerprint density at radius 2 is 1.29 bits per heavy atom. The van der Waals surface area contributed by atoms with Crippen molar-refractivity contribution in [2.75, 3.05) is 44.4 Å². The van der Waals surface area contributed by atoms with Crippen molar-refractivity contribution in [3.63, 3.8) is 0 Å². The number of fused-ring (bicyclic) bond motifs is 1. The van der Waals surface area contributed by atoms with Crippen LogP contribution in [0.2, 0.25) is 0 Å². The molecule has 0 aliphatic rings. The van der Waals surface area contributed by atoms with Crippen molar-refractivity contribution in [3.05, 3.63) is 190 Å². The number of carbonyl (C=O) groups excluding carboxylic acids is 1. The summed E-state index contributed by atoms with van der Waals surface area (Å²) in [6.45, 7) is 1.25. The zero-order chi connectivity index (χ0) is 41.2. The Morgan fingerprint density at radius 3 is 1.81 bits per heavy atom. The maximum absolute atomic E-state index is 14.3. The second-order valence-corrected chi connectivity index (χ2v) is 15.9. The molecule has 294 valence electrons. The fraction of sp³-hybridized carbons (Fsp3) is 0.136. The minimum Gasteiger partial charge on any atom is -0.373 e. The molecule has 7 aromatic rings. The van der Waals surface area contributed by atoms with Gasteiger partial charge in [-0.15, -0.1) is 0 Å². The number of nitro benzene ring substituents is 1. The molecule has 1 aromatic heterocycles. The lowest BCUT2D eigenvalue weighted by Crippen LogP contribution is -2.38. The molecule has 0 saturated heterocycles. The van der Waals surface area contributed by atoms with Gasteiger partial charge in [-0.05, 0) is 73.3 Å². The summed E-state index contributed by atoms with van der Waals surface area (Å²) in [6, 6.07) is 39.0. The van der Waals surface area contributed by atoms with Crippen LogP contribution in [-0.2, 0) is 15.4 Å². The minimum atomic E-state index is -4.52. The number of hydrogen-bond donors (Lipinski definition) is 1. The van der Waals surface area contributed by atoms with E-state index in [0.29, 0.717) is 30.4 Å². The predicted octanol–water partition coefficient (Wildman–Crippen LogP) is 8.15. The van der Waals surface area contributed by atoms with Crippen LogP contribution in [0.15, 0.2) is 155 Å². The number of rotatable bonds is 13. The van der Waals surface area contributed by atoms with Gasteiger partial charge >= 0.3 is 0 Å². The first-order valence-corrected chi connectivity index (χ1v) is 19.7. The molecule has 11 nitrogen and oxygen atoms in total. The van der Waals surface area contributed by atoms with Crippen molar-refractivity contribution in [3.8, 4) is 0 Å².